The Morgan fingerprint density at radius 3 is 2.38 bits per heavy atom. The van der Waals surface area contributed by atoms with Gasteiger partial charge in [0, 0.05) is 35.7 Å². The van der Waals surface area contributed by atoms with Crippen molar-refractivity contribution in [3.8, 4) is 11.1 Å². The minimum Gasteiger partial charge on any atom is -0.374 e. The molecule has 0 aliphatic carbocycles. The van der Waals surface area contributed by atoms with Crippen molar-refractivity contribution < 1.29 is 22.8 Å². The van der Waals surface area contributed by atoms with Gasteiger partial charge in [-0.3, -0.25) is 9.97 Å². The van der Waals surface area contributed by atoms with E-state index in [0.29, 0.717) is 34.7 Å². The molecule has 0 radical (unpaired) electrons. The molecule has 0 aliphatic heterocycles. The van der Waals surface area contributed by atoms with E-state index in [9.17, 15) is 14.3 Å². The summed E-state index contributed by atoms with van der Waals surface area (Å²) in [5.74, 6) is -3.41. The van der Waals surface area contributed by atoms with Gasteiger partial charge in [-0.2, -0.15) is 0 Å². The molecule has 0 spiro atoms. The van der Waals surface area contributed by atoms with Gasteiger partial charge in [0.25, 0.3) is 0 Å². The minimum absolute atomic E-state index is 0.0665. The number of fused-ring (bicyclic) bond motifs is 1. The fourth-order valence-corrected chi connectivity index (χ4v) is 4.24. The first-order valence-corrected chi connectivity index (χ1v) is 10.0. The highest BCUT2D eigenvalue weighted by Crippen LogP contribution is 2.43. The monoisotopic (exact) mass is 467 g/mol. The van der Waals surface area contributed by atoms with Crippen molar-refractivity contribution in [2.45, 2.75) is 19.4 Å². The van der Waals surface area contributed by atoms with Crippen molar-refractivity contribution in [2.75, 3.05) is 0 Å². The lowest BCUT2D eigenvalue weighted by atomic mass is 9.81. The number of rotatable bonds is 4. The molecule has 0 bridgehead atoms. The van der Waals surface area contributed by atoms with Crippen molar-refractivity contribution in [1.82, 2.24) is 25.1 Å². The number of aryl methyl sites for hydroxylation is 2. The maximum Gasteiger partial charge on any atom is 0.323 e. The zero-order valence-corrected chi connectivity index (χ0v) is 17.8. The predicted octanol–water partition coefficient (Wildman–Crippen LogP) is 3.62. The number of aromatic amines is 2. The lowest BCUT2D eigenvalue weighted by Crippen LogP contribution is -2.33. The molecule has 0 fully saturated rings. The van der Waals surface area contributed by atoms with E-state index in [1.807, 2.05) is 0 Å². The van der Waals surface area contributed by atoms with E-state index < -0.39 is 34.3 Å². The Hall–Kier alpha value is -4.25. The summed E-state index contributed by atoms with van der Waals surface area (Å²) >= 11 is 0. The van der Waals surface area contributed by atoms with Gasteiger partial charge in [-0.25, -0.2) is 18.0 Å². The van der Waals surface area contributed by atoms with Crippen LogP contribution in [-0.2, 0) is 5.60 Å². The van der Waals surface area contributed by atoms with E-state index in [4.69, 9.17) is 4.52 Å². The van der Waals surface area contributed by atoms with E-state index in [1.165, 1.54) is 18.5 Å². The number of benzene rings is 2. The van der Waals surface area contributed by atoms with E-state index >= 15 is 8.78 Å². The van der Waals surface area contributed by atoms with Gasteiger partial charge < -0.3 is 19.6 Å². The van der Waals surface area contributed by atoms with Gasteiger partial charge in [0.1, 0.15) is 23.2 Å². The van der Waals surface area contributed by atoms with Crippen LogP contribution in [0.4, 0.5) is 13.2 Å². The van der Waals surface area contributed by atoms with Gasteiger partial charge in [0.05, 0.1) is 34.2 Å². The van der Waals surface area contributed by atoms with Crippen LogP contribution in [0.15, 0.2) is 52.2 Å². The smallest absolute Gasteiger partial charge is 0.323 e. The maximum absolute atomic E-state index is 15.1. The van der Waals surface area contributed by atoms with E-state index in [2.05, 4.69) is 25.1 Å². The summed E-state index contributed by atoms with van der Waals surface area (Å²) in [6.07, 6.45) is 3.67. The first-order valence-electron chi connectivity index (χ1n) is 10.0. The van der Waals surface area contributed by atoms with E-state index in [-0.39, 0.29) is 22.3 Å². The Labute approximate surface area is 189 Å². The van der Waals surface area contributed by atoms with Gasteiger partial charge in [-0.15, -0.1) is 0 Å². The largest absolute Gasteiger partial charge is 0.374 e. The summed E-state index contributed by atoms with van der Waals surface area (Å²) in [5, 5.41) is 16.0. The van der Waals surface area contributed by atoms with Crippen LogP contribution in [0.2, 0.25) is 0 Å². The van der Waals surface area contributed by atoms with Gasteiger partial charge in [0.15, 0.2) is 5.60 Å². The van der Waals surface area contributed by atoms with Crippen molar-refractivity contribution in [3.63, 3.8) is 0 Å². The average Bonchev–Trinajstić information content (AvgIpc) is 3.33. The number of hydrogen-bond donors (Lipinski definition) is 3. The van der Waals surface area contributed by atoms with E-state index in [0.717, 1.165) is 6.20 Å². The average molecular weight is 467 g/mol. The molecule has 2 aromatic carbocycles. The number of nitrogens with zero attached hydrogens (tertiary/aromatic N) is 3. The van der Waals surface area contributed by atoms with Crippen LogP contribution in [0.3, 0.4) is 0 Å². The molecule has 0 saturated carbocycles. The minimum atomic E-state index is -2.62. The molecule has 5 aromatic rings. The number of H-pyrrole nitrogens is 2. The molecule has 1 unspecified atom stereocenters. The summed E-state index contributed by atoms with van der Waals surface area (Å²) in [6.45, 7) is 3.37. The summed E-state index contributed by atoms with van der Waals surface area (Å²) in [6, 6.07) is 3.96. The lowest BCUT2D eigenvalue weighted by Gasteiger charge is -2.30. The van der Waals surface area contributed by atoms with Gasteiger partial charge >= 0.3 is 5.69 Å². The summed E-state index contributed by atoms with van der Waals surface area (Å²) in [5.41, 5.74) is -2.66. The Balaban J connectivity index is 1.95. The maximum atomic E-state index is 15.1. The lowest BCUT2D eigenvalue weighted by molar-refractivity contribution is 0.112. The highest BCUT2D eigenvalue weighted by atomic mass is 19.1. The molecule has 3 aromatic heterocycles. The second-order valence-corrected chi connectivity index (χ2v) is 7.77. The Morgan fingerprint density at radius 1 is 1.03 bits per heavy atom. The standard InChI is InChI=1S/C23H16F3N5O3/c1-10-19(11(2)34-31-10)12-5-14(21-17(6-12)29-22(32)30-21)23(33,18-9-27-3-4-28-18)20-15(25)7-13(24)8-16(20)26/h3-9,33H,1-2H3,(H2,29,30,32). The number of nitrogens with one attached hydrogen (secondary N) is 2. The van der Waals surface area contributed by atoms with Crippen LogP contribution < -0.4 is 5.69 Å². The Morgan fingerprint density at radius 2 is 1.76 bits per heavy atom. The highest BCUT2D eigenvalue weighted by molar-refractivity contribution is 5.87. The highest BCUT2D eigenvalue weighted by Gasteiger charge is 2.43. The second kappa shape index (κ2) is 7.66. The normalized spacial score (nSPS) is 13.4. The number of imidazole rings is 1. The summed E-state index contributed by atoms with van der Waals surface area (Å²) in [4.78, 5) is 25.3. The van der Waals surface area contributed by atoms with Crippen LogP contribution in [-0.4, -0.2) is 30.2 Å². The van der Waals surface area contributed by atoms with Crippen LogP contribution in [0.5, 0.6) is 0 Å². The first-order chi connectivity index (χ1) is 16.2. The topological polar surface area (TPSA) is 121 Å². The molecular weight excluding hydrogens is 451 g/mol. The van der Waals surface area contributed by atoms with Crippen LogP contribution in [0.25, 0.3) is 22.2 Å². The molecule has 3 N–H and O–H groups in total. The zero-order valence-electron chi connectivity index (χ0n) is 17.8. The molecule has 11 heteroatoms. The number of halogens is 3. The molecule has 34 heavy (non-hydrogen) atoms. The van der Waals surface area contributed by atoms with Crippen LogP contribution in [0, 0.1) is 31.3 Å². The number of aromatic nitrogens is 5. The van der Waals surface area contributed by atoms with Gasteiger partial charge in [-0.05, 0) is 31.5 Å². The third-order valence-electron chi connectivity index (χ3n) is 5.64. The molecule has 0 saturated heterocycles. The fourth-order valence-electron chi connectivity index (χ4n) is 4.24. The van der Waals surface area contributed by atoms with Crippen molar-refractivity contribution >= 4 is 11.0 Å². The molecule has 172 valence electrons. The van der Waals surface area contributed by atoms with Gasteiger partial charge in [-0.1, -0.05) is 5.16 Å². The van der Waals surface area contributed by atoms with E-state index in [1.54, 1.807) is 19.9 Å². The summed E-state index contributed by atoms with van der Waals surface area (Å²) in [7, 11) is 0. The molecule has 5 rings (SSSR count). The SMILES string of the molecule is Cc1noc(C)c1-c1cc(C(O)(c2cnccn2)c2c(F)cc(F)cc2F)c2[nH]c(=O)[nH]c2c1. The molecule has 0 aliphatic rings. The summed E-state index contributed by atoms with van der Waals surface area (Å²) < 4.78 is 49.2. The molecule has 1 atom stereocenters. The van der Waals surface area contributed by atoms with Crippen molar-refractivity contribution in [1.29, 1.82) is 0 Å². The molecular formula is C23H16F3N5O3. The number of hydrogen-bond acceptors (Lipinski definition) is 6. The van der Waals surface area contributed by atoms with Crippen LogP contribution in [0.1, 0.15) is 28.3 Å². The zero-order chi connectivity index (χ0) is 24.2. The molecule has 0 amide bonds. The first kappa shape index (κ1) is 21.6. The third-order valence-corrected chi connectivity index (χ3v) is 5.64. The fraction of sp³-hybridized carbons (Fsp3) is 0.130. The second-order valence-electron chi connectivity index (χ2n) is 7.77. The Bertz CT molecular complexity index is 1570. The quantitative estimate of drug-likeness (QED) is 0.371. The van der Waals surface area contributed by atoms with Gasteiger partial charge in [0.2, 0.25) is 0 Å². The van der Waals surface area contributed by atoms with Crippen molar-refractivity contribution in [3.05, 3.63) is 99.1 Å². The molecule has 3 heterocycles. The third kappa shape index (κ3) is 3.20. The molecule has 8 nitrogen and oxygen atoms in total. The number of aliphatic hydroxyl groups is 1. The van der Waals surface area contributed by atoms with Crippen molar-refractivity contribution in [2.24, 2.45) is 0 Å². The van der Waals surface area contributed by atoms with Crippen LogP contribution >= 0.6 is 0 Å². The Kier molecular flexibility index (Phi) is 4.87. The predicted molar refractivity (Wildman–Crippen MR) is 114 cm³/mol.